The van der Waals surface area contributed by atoms with Crippen molar-refractivity contribution >= 4 is 28.3 Å². The van der Waals surface area contributed by atoms with Crippen molar-refractivity contribution in [2.45, 2.75) is 13.0 Å². The van der Waals surface area contributed by atoms with Crippen molar-refractivity contribution in [3.8, 4) is 17.6 Å². The first-order chi connectivity index (χ1) is 14.2. The van der Waals surface area contributed by atoms with Crippen molar-refractivity contribution in [1.29, 1.82) is 5.26 Å². The van der Waals surface area contributed by atoms with Gasteiger partial charge in [-0.15, -0.1) is 0 Å². The maximum atomic E-state index is 12.9. The van der Waals surface area contributed by atoms with Gasteiger partial charge in [0.15, 0.2) is 17.3 Å². The fraction of sp³-hybridized carbons (Fsp3) is 0.150. The third kappa shape index (κ3) is 3.64. The number of Topliss-reactive ketones (excluding diaryl/α,β-unsaturated/α-hetero) is 1. The summed E-state index contributed by atoms with van der Waals surface area (Å²) < 4.78 is 6.67. The van der Waals surface area contributed by atoms with E-state index < -0.39 is 0 Å². The van der Waals surface area contributed by atoms with Crippen LogP contribution < -0.4 is 11.1 Å². The molecule has 0 saturated heterocycles. The van der Waals surface area contributed by atoms with Crippen LogP contribution in [0.25, 0.3) is 22.6 Å². The summed E-state index contributed by atoms with van der Waals surface area (Å²) in [6.45, 7) is 0.451. The number of carbonyl (C=O) groups excluding carboxylic acids is 1. The summed E-state index contributed by atoms with van der Waals surface area (Å²) >= 11 is 0. The molecule has 4 rings (SSSR count). The van der Waals surface area contributed by atoms with Crippen LogP contribution in [-0.2, 0) is 6.54 Å². The van der Waals surface area contributed by atoms with Crippen LogP contribution in [0.15, 0.2) is 53.2 Å². The zero-order chi connectivity index (χ0) is 20.2. The van der Waals surface area contributed by atoms with Gasteiger partial charge in [0.25, 0.3) is 0 Å². The number of hydrogen-bond acceptors (Lipinski definition) is 8. The summed E-state index contributed by atoms with van der Waals surface area (Å²) in [5.74, 6) is 0.734. The van der Waals surface area contributed by atoms with Crippen LogP contribution in [-0.4, -0.2) is 32.2 Å². The molecule has 2 heterocycles. The van der Waals surface area contributed by atoms with Gasteiger partial charge >= 0.3 is 0 Å². The molecule has 0 bridgehead atoms. The van der Waals surface area contributed by atoms with Gasteiger partial charge in [-0.2, -0.15) is 5.26 Å². The van der Waals surface area contributed by atoms with E-state index in [4.69, 9.17) is 15.6 Å². The third-order valence-electron chi connectivity index (χ3n) is 4.42. The number of anilines is 2. The minimum atomic E-state index is -0.0927. The molecule has 0 amide bonds. The lowest BCUT2D eigenvalue weighted by Crippen LogP contribution is -2.12. The van der Waals surface area contributed by atoms with Gasteiger partial charge in [-0.05, 0) is 46.7 Å². The highest BCUT2D eigenvalue weighted by Gasteiger charge is 2.22. The lowest BCUT2D eigenvalue weighted by atomic mass is 10.1. The Kier molecular flexibility index (Phi) is 4.90. The first kappa shape index (κ1) is 18.2. The van der Waals surface area contributed by atoms with E-state index in [0.29, 0.717) is 41.6 Å². The number of benzene rings is 2. The fourth-order valence-corrected chi connectivity index (χ4v) is 3.01. The number of fused-ring (bicyclic) bond motifs is 1. The zero-order valence-electron chi connectivity index (χ0n) is 15.4. The Morgan fingerprint density at radius 2 is 1.97 bits per heavy atom. The number of rotatable bonds is 7. The number of aromatic nitrogens is 4. The Bertz CT molecular complexity index is 1200. The second kappa shape index (κ2) is 7.82. The normalized spacial score (nSPS) is 10.7. The van der Waals surface area contributed by atoms with E-state index in [-0.39, 0.29) is 12.3 Å². The highest BCUT2D eigenvalue weighted by Crippen LogP contribution is 2.28. The average Bonchev–Trinajstić information content (AvgIpc) is 3.33. The number of nitrogens with zero attached hydrogens (tertiary/aromatic N) is 5. The molecule has 0 aliphatic rings. The van der Waals surface area contributed by atoms with E-state index in [1.807, 2.05) is 24.3 Å². The van der Waals surface area contributed by atoms with Crippen LogP contribution in [0.4, 0.5) is 11.5 Å². The molecule has 2 aromatic carbocycles. The lowest BCUT2D eigenvalue weighted by Gasteiger charge is -2.08. The van der Waals surface area contributed by atoms with Crippen LogP contribution in [0.3, 0.4) is 0 Å². The van der Waals surface area contributed by atoms with Crippen molar-refractivity contribution in [1.82, 2.24) is 19.9 Å². The van der Waals surface area contributed by atoms with E-state index in [1.54, 1.807) is 28.8 Å². The number of nitrogens with two attached hydrogens (primary N) is 1. The molecule has 0 radical (unpaired) electrons. The predicted molar refractivity (Wildman–Crippen MR) is 107 cm³/mol. The van der Waals surface area contributed by atoms with Gasteiger partial charge in [-0.25, -0.2) is 9.61 Å². The van der Waals surface area contributed by atoms with Gasteiger partial charge in [0.2, 0.25) is 5.82 Å². The molecule has 0 fully saturated rings. The number of ketones is 1. The van der Waals surface area contributed by atoms with Gasteiger partial charge in [0.05, 0.1) is 30.1 Å². The summed E-state index contributed by atoms with van der Waals surface area (Å²) in [6, 6.07) is 16.3. The molecule has 0 saturated carbocycles. The number of carbonyl (C=O) groups is 1. The summed E-state index contributed by atoms with van der Waals surface area (Å²) in [5, 5.41) is 19.6. The first-order valence-corrected chi connectivity index (χ1v) is 8.95. The Morgan fingerprint density at radius 3 is 2.76 bits per heavy atom. The van der Waals surface area contributed by atoms with Gasteiger partial charge in [-0.3, -0.25) is 4.79 Å². The van der Waals surface area contributed by atoms with Gasteiger partial charge in [0.1, 0.15) is 0 Å². The number of nitrogen functional groups attached to an aromatic ring is 1. The minimum Gasteiger partial charge on any atom is -0.399 e. The van der Waals surface area contributed by atoms with E-state index in [1.165, 1.54) is 0 Å². The van der Waals surface area contributed by atoms with E-state index in [9.17, 15) is 4.79 Å². The van der Waals surface area contributed by atoms with Crippen LogP contribution in [0, 0.1) is 11.3 Å². The molecule has 0 unspecified atom stereocenters. The summed E-state index contributed by atoms with van der Waals surface area (Å²) in [4.78, 5) is 17.5. The largest absolute Gasteiger partial charge is 0.399 e. The Morgan fingerprint density at radius 1 is 1.17 bits per heavy atom. The van der Waals surface area contributed by atoms with Gasteiger partial charge in [0, 0.05) is 17.8 Å². The maximum absolute atomic E-state index is 12.9. The smallest absolute Gasteiger partial charge is 0.202 e. The number of nitriles is 1. The second-order valence-corrected chi connectivity index (χ2v) is 6.35. The molecule has 144 valence electrons. The van der Waals surface area contributed by atoms with Crippen LogP contribution in [0.1, 0.15) is 16.8 Å². The standard InChI is InChI=1S/C20H17N7O2/c21-10-3-11-23-19-18(25-29-26-19)20-24-15-4-1-2-5-16(15)27(20)12-17(28)13-6-8-14(22)9-7-13/h1-2,4-9H,3,11-12,22H2,(H,23,26). The maximum Gasteiger partial charge on any atom is 0.202 e. The lowest BCUT2D eigenvalue weighted by molar-refractivity contribution is 0.0974. The fourth-order valence-electron chi connectivity index (χ4n) is 3.01. The Balaban J connectivity index is 1.74. The predicted octanol–water partition coefficient (Wildman–Crippen LogP) is 2.88. The number of imidazole rings is 1. The summed E-state index contributed by atoms with van der Waals surface area (Å²) in [5.41, 5.74) is 8.75. The minimum absolute atomic E-state index is 0.0598. The van der Waals surface area contributed by atoms with Gasteiger partial charge < -0.3 is 15.6 Å². The van der Waals surface area contributed by atoms with E-state index in [2.05, 4.69) is 26.7 Å². The molecule has 9 nitrogen and oxygen atoms in total. The highest BCUT2D eigenvalue weighted by atomic mass is 16.6. The van der Waals surface area contributed by atoms with E-state index >= 15 is 0 Å². The number of para-hydroxylation sites is 2. The zero-order valence-corrected chi connectivity index (χ0v) is 15.4. The average molecular weight is 387 g/mol. The highest BCUT2D eigenvalue weighted by molar-refractivity contribution is 5.97. The van der Waals surface area contributed by atoms with Crippen molar-refractivity contribution in [3.05, 3.63) is 54.1 Å². The molecule has 0 aliphatic heterocycles. The quantitative estimate of drug-likeness (QED) is 0.281. The molecule has 4 aromatic rings. The molecule has 0 spiro atoms. The van der Waals surface area contributed by atoms with Crippen molar-refractivity contribution in [3.63, 3.8) is 0 Å². The monoisotopic (exact) mass is 387 g/mol. The SMILES string of the molecule is N#CCCNc1nonc1-c1nc2ccccc2n1CC(=O)c1ccc(N)cc1. The van der Waals surface area contributed by atoms with E-state index in [0.717, 1.165) is 11.0 Å². The van der Waals surface area contributed by atoms with Crippen molar-refractivity contribution in [2.75, 3.05) is 17.6 Å². The van der Waals surface area contributed by atoms with Crippen molar-refractivity contribution < 1.29 is 9.42 Å². The molecule has 9 heteroatoms. The second-order valence-electron chi connectivity index (χ2n) is 6.35. The Hall–Kier alpha value is -4.19. The molecule has 0 atom stereocenters. The molecule has 3 N–H and O–H groups in total. The topological polar surface area (TPSA) is 136 Å². The van der Waals surface area contributed by atoms with Crippen LogP contribution >= 0.6 is 0 Å². The molecule has 2 aromatic heterocycles. The van der Waals surface area contributed by atoms with Crippen LogP contribution in [0.5, 0.6) is 0 Å². The summed E-state index contributed by atoms with van der Waals surface area (Å²) in [6.07, 6.45) is 0.304. The Labute approximate surface area is 165 Å². The first-order valence-electron chi connectivity index (χ1n) is 8.95. The molecular weight excluding hydrogens is 370 g/mol. The van der Waals surface area contributed by atoms with Gasteiger partial charge in [-0.1, -0.05) is 12.1 Å². The number of nitrogens with one attached hydrogen (secondary N) is 1. The third-order valence-corrected chi connectivity index (χ3v) is 4.42. The number of hydrogen-bond donors (Lipinski definition) is 2. The summed E-state index contributed by atoms with van der Waals surface area (Å²) in [7, 11) is 0. The van der Waals surface area contributed by atoms with Crippen LogP contribution in [0.2, 0.25) is 0 Å². The van der Waals surface area contributed by atoms with Crippen molar-refractivity contribution in [2.24, 2.45) is 0 Å². The molecule has 29 heavy (non-hydrogen) atoms. The molecular formula is C20H17N7O2. The molecule has 0 aliphatic carbocycles.